The van der Waals surface area contributed by atoms with Crippen LogP contribution in [0.4, 0.5) is 0 Å². The lowest BCUT2D eigenvalue weighted by Crippen LogP contribution is -2.14. The number of methoxy groups -OCH3 is 1. The normalized spacial score (nSPS) is 12.1. The highest BCUT2D eigenvalue weighted by atomic mass is 16.5. The van der Waals surface area contributed by atoms with E-state index < -0.39 is 0 Å². The van der Waals surface area contributed by atoms with Gasteiger partial charge in [0, 0.05) is 18.2 Å². The Bertz CT molecular complexity index is 1010. The fourth-order valence-electron chi connectivity index (χ4n) is 2.92. The molecule has 0 unspecified atom stereocenters. The SMILES string of the molecule is COc1ccccc1Cc1nc([C@H](C)n2cncn2)n(-c2ccccn2)n1. The minimum Gasteiger partial charge on any atom is -0.496 e. The maximum Gasteiger partial charge on any atom is 0.158 e. The predicted octanol–water partition coefficient (Wildman–Crippen LogP) is 2.46. The minimum absolute atomic E-state index is 0.145. The van der Waals surface area contributed by atoms with Gasteiger partial charge < -0.3 is 4.74 Å². The van der Waals surface area contributed by atoms with Crippen molar-refractivity contribution in [1.82, 2.24) is 34.5 Å². The van der Waals surface area contributed by atoms with Crippen molar-refractivity contribution in [2.24, 2.45) is 0 Å². The summed E-state index contributed by atoms with van der Waals surface area (Å²) in [5.74, 6) is 2.95. The van der Waals surface area contributed by atoms with Gasteiger partial charge in [0.05, 0.1) is 7.11 Å². The quantitative estimate of drug-likeness (QED) is 0.525. The molecular formula is C19H19N7O. The zero-order chi connectivity index (χ0) is 18.6. The second-order valence-corrected chi connectivity index (χ2v) is 6.03. The zero-order valence-electron chi connectivity index (χ0n) is 15.1. The summed E-state index contributed by atoms with van der Waals surface area (Å²) in [6.45, 7) is 2.00. The molecule has 0 aliphatic carbocycles. The van der Waals surface area contributed by atoms with Gasteiger partial charge in [0.2, 0.25) is 0 Å². The van der Waals surface area contributed by atoms with E-state index in [1.807, 2.05) is 49.4 Å². The number of nitrogens with zero attached hydrogens (tertiary/aromatic N) is 7. The molecule has 0 fully saturated rings. The monoisotopic (exact) mass is 361 g/mol. The highest BCUT2D eigenvalue weighted by Crippen LogP contribution is 2.22. The van der Waals surface area contributed by atoms with Crippen LogP contribution in [0.5, 0.6) is 5.75 Å². The molecule has 3 aromatic heterocycles. The highest BCUT2D eigenvalue weighted by Gasteiger charge is 2.21. The van der Waals surface area contributed by atoms with Crippen LogP contribution in [0.25, 0.3) is 5.82 Å². The van der Waals surface area contributed by atoms with Crippen molar-refractivity contribution in [3.8, 4) is 11.6 Å². The van der Waals surface area contributed by atoms with E-state index in [1.54, 1.807) is 29.0 Å². The molecule has 4 rings (SSSR count). The lowest BCUT2D eigenvalue weighted by Gasteiger charge is -2.11. The van der Waals surface area contributed by atoms with Gasteiger partial charge in [-0.1, -0.05) is 24.3 Å². The molecule has 136 valence electrons. The molecule has 8 nitrogen and oxygen atoms in total. The second kappa shape index (κ2) is 7.36. The fourth-order valence-corrected chi connectivity index (χ4v) is 2.92. The van der Waals surface area contributed by atoms with E-state index in [-0.39, 0.29) is 6.04 Å². The number of pyridine rings is 1. The lowest BCUT2D eigenvalue weighted by atomic mass is 10.1. The number of hydrogen-bond donors (Lipinski definition) is 0. The molecule has 1 atom stereocenters. The molecule has 0 amide bonds. The van der Waals surface area contributed by atoms with Gasteiger partial charge in [-0.2, -0.15) is 9.78 Å². The molecule has 3 heterocycles. The first-order valence-electron chi connectivity index (χ1n) is 8.59. The maximum atomic E-state index is 5.45. The highest BCUT2D eigenvalue weighted by molar-refractivity contribution is 5.35. The molecule has 0 N–H and O–H groups in total. The van der Waals surface area contributed by atoms with E-state index >= 15 is 0 Å². The molecule has 8 heteroatoms. The molecule has 27 heavy (non-hydrogen) atoms. The Hall–Kier alpha value is -3.55. The van der Waals surface area contributed by atoms with Crippen molar-refractivity contribution in [3.05, 3.63) is 78.5 Å². The van der Waals surface area contributed by atoms with Crippen molar-refractivity contribution in [1.29, 1.82) is 0 Å². The summed E-state index contributed by atoms with van der Waals surface area (Å²) in [5.41, 5.74) is 1.03. The van der Waals surface area contributed by atoms with Gasteiger partial charge in [-0.05, 0) is 25.1 Å². The molecular weight excluding hydrogens is 342 g/mol. The van der Waals surface area contributed by atoms with Crippen LogP contribution in [0.3, 0.4) is 0 Å². The summed E-state index contributed by atoms with van der Waals surface area (Å²) >= 11 is 0. The molecule has 0 aliphatic heterocycles. The summed E-state index contributed by atoms with van der Waals surface area (Å²) in [6.07, 6.45) is 5.47. The summed E-state index contributed by atoms with van der Waals surface area (Å²) in [4.78, 5) is 13.2. The summed E-state index contributed by atoms with van der Waals surface area (Å²) in [5, 5.41) is 8.94. The van der Waals surface area contributed by atoms with E-state index in [1.165, 1.54) is 6.33 Å². The van der Waals surface area contributed by atoms with Crippen LogP contribution in [-0.2, 0) is 6.42 Å². The van der Waals surface area contributed by atoms with Gasteiger partial charge in [0.25, 0.3) is 0 Å². The number of ether oxygens (including phenoxy) is 1. The van der Waals surface area contributed by atoms with Crippen molar-refractivity contribution >= 4 is 0 Å². The average Bonchev–Trinajstić information content (AvgIpc) is 3.39. The average molecular weight is 361 g/mol. The van der Waals surface area contributed by atoms with E-state index in [0.717, 1.165) is 17.1 Å². The van der Waals surface area contributed by atoms with Gasteiger partial charge in [-0.3, -0.25) is 0 Å². The Morgan fingerprint density at radius 1 is 1.11 bits per heavy atom. The Kier molecular flexibility index (Phi) is 4.61. The van der Waals surface area contributed by atoms with E-state index in [2.05, 4.69) is 15.1 Å². The molecule has 0 aliphatic rings. The zero-order valence-corrected chi connectivity index (χ0v) is 15.1. The lowest BCUT2D eigenvalue weighted by molar-refractivity contribution is 0.410. The summed E-state index contributed by atoms with van der Waals surface area (Å²) < 4.78 is 8.96. The number of benzene rings is 1. The second-order valence-electron chi connectivity index (χ2n) is 6.03. The maximum absolute atomic E-state index is 5.45. The van der Waals surface area contributed by atoms with Gasteiger partial charge >= 0.3 is 0 Å². The van der Waals surface area contributed by atoms with Gasteiger partial charge in [0.15, 0.2) is 17.5 Å². The molecule has 4 aromatic rings. The predicted molar refractivity (Wildman–Crippen MR) is 98.8 cm³/mol. The van der Waals surface area contributed by atoms with E-state index in [4.69, 9.17) is 14.8 Å². The smallest absolute Gasteiger partial charge is 0.158 e. The third kappa shape index (κ3) is 3.41. The summed E-state index contributed by atoms with van der Waals surface area (Å²) in [6, 6.07) is 13.4. The number of hydrogen-bond acceptors (Lipinski definition) is 6. The molecule has 0 bridgehead atoms. The first-order chi connectivity index (χ1) is 13.3. The molecule has 0 spiro atoms. The Morgan fingerprint density at radius 3 is 2.70 bits per heavy atom. The van der Waals surface area contributed by atoms with Crippen molar-refractivity contribution < 1.29 is 4.74 Å². The minimum atomic E-state index is -0.145. The largest absolute Gasteiger partial charge is 0.496 e. The molecule has 0 saturated heterocycles. The number of rotatable bonds is 6. The Morgan fingerprint density at radius 2 is 1.96 bits per heavy atom. The third-order valence-corrected chi connectivity index (χ3v) is 4.29. The van der Waals surface area contributed by atoms with Crippen LogP contribution in [-0.4, -0.2) is 41.6 Å². The number of para-hydroxylation sites is 1. The Labute approximate surface area is 156 Å². The van der Waals surface area contributed by atoms with Crippen LogP contribution in [0.1, 0.15) is 30.2 Å². The summed E-state index contributed by atoms with van der Waals surface area (Å²) in [7, 11) is 1.66. The van der Waals surface area contributed by atoms with E-state index in [0.29, 0.717) is 18.1 Å². The standard InChI is InChI=1S/C19H19N7O/c1-14(25-13-20-12-22-25)19-23-17(11-15-7-3-4-8-16(15)27-2)24-26(19)18-9-5-6-10-21-18/h3-10,12-14H,11H2,1-2H3/t14-/m0/s1. The van der Waals surface area contributed by atoms with Crippen LogP contribution in [0, 0.1) is 0 Å². The third-order valence-electron chi connectivity index (χ3n) is 4.29. The van der Waals surface area contributed by atoms with Gasteiger partial charge in [-0.15, -0.1) is 5.10 Å². The number of aromatic nitrogens is 7. The van der Waals surface area contributed by atoms with Crippen LogP contribution in [0.2, 0.25) is 0 Å². The van der Waals surface area contributed by atoms with Gasteiger partial charge in [0.1, 0.15) is 24.4 Å². The van der Waals surface area contributed by atoms with Crippen molar-refractivity contribution in [3.63, 3.8) is 0 Å². The topological polar surface area (TPSA) is 83.5 Å². The van der Waals surface area contributed by atoms with Crippen molar-refractivity contribution in [2.45, 2.75) is 19.4 Å². The van der Waals surface area contributed by atoms with Crippen molar-refractivity contribution in [2.75, 3.05) is 7.11 Å². The van der Waals surface area contributed by atoms with Crippen LogP contribution in [0.15, 0.2) is 61.3 Å². The van der Waals surface area contributed by atoms with E-state index in [9.17, 15) is 0 Å². The van der Waals surface area contributed by atoms with Gasteiger partial charge in [-0.25, -0.2) is 19.6 Å². The Balaban J connectivity index is 1.76. The van der Waals surface area contributed by atoms with Crippen LogP contribution >= 0.6 is 0 Å². The molecule has 0 radical (unpaired) electrons. The fraction of sp³-hybridized carbons (Fsp3) is 0.211. The molecule has 0 saturated carbocycles. The van der Waals surface area contributed by atoms with Crippen LogP contribution < -0.4 is 4.74 Å². The molecule has 1 aromatic carbocycles. The first-order valence-corrected chi connectivity index (χ1v) is 8.59. The first kappa shape index (κ1) is 16.9.